The predicted octanol–water partition coefficient (Wildman–Crippen LogP) is 5.05. The number of hydrogen-bond donors (Lipinski definition) is 1. The average Bonchev–Trinajstić information content (AvgIpc) is 2.34. The first-order valence-electron chi connectivity index (χ1n) is 6.84. The first kappa shape index (κ1) is 14.9. The summed E-state index contributed by atoms with van der Waals surface area (Å²) in [5.74, 6) is -0.735. The minimum Gasteiger partial charge on any atom is -0.383 e. The number of nitrogens with one attached hydrogen (secondary N) is 1. The van der Waals surface area contributed by atoms with E-state index in [4.69, 9.17) is 0 Å². The molecule has 0 aliphatic rings. The highest BCUT2D eigenvalue weighted by Crippen LogP contribution is 2.18. The Morgan fingerprint density at radius 2 is 1.61 bits per heavy atom. The minimum atomic E-state index is -0.375. The van der Waals surface area contributed by atoms with Crippen LogP contribution in [0.2, 0.25) is 0 Å². The van der Waals surface area contributed by atoms with E-state index in [1.807, 2.05) is 0 Å². The molecule has 1 aromatic rings. The van der Waals surface area contributed by atoms with Crippen LogP contribution in [0.4, 0.5) is 14.5 Å². The largest absolute Gasteiger partial charge is 0.383 e. The van der Waals surface area contributed by atoms with Crippen molar-refractivity contribution in [2.45, 2.75) is 52.4 Å². The number of anilines is 1. The van der Waals surface area contributed by atoms with Crippen LogP contribution < -0.4 is 5.32 Å². The van der Waals surface area contributed by atoms with Crippen molar-refractivity contribution in [2.24, 2.45) is 0 Å². The van der Waals surface area contributed by atoms with Gasteiger partial charge in [-0.15, -0.1) is 0 Å². The van der Waals surface area contributed by atoms with Gasteiger partial charge in [0, 0.05) is 12.6 Å². The van der Waals surface area contributed by atoms with Gasteiger partial charge in [0.25, 0.3) is 0 Å². The van der Waals surface area contributed by atoms with Gasteiger partial charge in [0.2, 0.25) is 0 Å². The predicted molar refractivity (Wildman–Crippen MR) is 73.0 cm³/mol. The smallest absolute Gasteiger partial charge is 0.146 e. The first-order chi connectivity index (χ1) is 8.65. The summed E-state index contributed by atoms with van der Waals surface area (Å²) in [4.78, 5) is 0. The molecule has 0 saturated carbocycles. The molecule has 0 amide bonds. The lowest BCUT2D eigenvalue weighted by atomic mass is 10.1. The van der Waals surface area contributed by atoms with Gasteiger partial charge < -0.3 is 5.32 Å². The summed E-state index contributed by atoms with van der Waals surface area (Å²) in [6, 6.07) is 2.47. The number of benzene rings is 1. The number of hydrogen-bond acceptors (Lipinski definition) is 1. The second-order valence-electron chi connectivity index (χ2n) is 4.78. The normalized spacial score (nSPS) is 10.7. The number of rotatable bonds is 8. The molecule has 0 aliphatic carbocycles. The van der Waals surface area contributed by atoms with Crippen LogP contribution in [0, 0.1) is 18.6 Å². The van der Waals surface area contributed by atoms with Crippen LogP contribution in [-0.2, 0) is 0 Å². The maximum Gasteiger partial charge on any atom is 0.146 e. The third-order valence-corrected chi connectivity index (χ3v) is 3.09. The zero-order chi connectivity index (χ0) is 13.4. The molecule has 0 atom stereocenters. The lowest BCUT2D eigenvalue weighted by Crippen LogP contribution is -2.04. The monoisotopic (exact) mass is 255 g/mol. The molecule has 18 heavy (non-hydrogen) atoms. The van der Waals surface area contributed by atoms with Gasteiger partial charge in [0.05, 0.1) is 5.69 Å². The van der Waals surface area contributed by atoms with Crippen molar-refractivity contribution in [1.82, 2.24) is 0 Å². The molecule has 1 rings (SSSR count). The molecule has 0 unspecified atom stereocenters. The summed E-state index contributed by atoms with van der Waals surface area (Å²) >= 11 is 0. The van der Waals surface area contributed by atoms with Crippen molar-refractivity contribution in [2.75, 3.05) is 11.9 Å². The van der Waals surface area contributed by atoms with Gasteiger partial charge in [-0.1, -0.05) is 39.0 Å². The van der Waals surface area contributed by atoms with Gasteiger partial charge in [-0.3, -0.25) is 0 Å². The highest BCUT2D eigenvalue weighted by Gasteiger charge is 2.06. The van der Waals surface area contributed by atoms with Crippen LogP contribution in [0.25, 0.3) is 0 Å². The Kier molecular flexibility index (Phi) is 6.69. The standard InChI is InChI=1S/C15H23F2N/c1-3-4-5-6-7-8-9-18-15-11-13(16)12(2)10-14(15)17/h10-11,18H,3-9H2,1-2H3. The molecule has 1 N–H and O–H groups in total. The van der Waals surface area contributed by atoms with E-state index in [-0.39, 0.29) is 17.3 Å². The van der Waals surface area contributed by atoms with E-state index in [1.54, 1.807) is 6.92 Å². The molecule has 102 valence electrons. The summed E-state index contributed by atoms with van der Waals surface area (Å²) in [5, 5.41) is 2.96. The summed E-state index contributed by atoms with van der Waals surface area (Å²) in [7, 11) is 0. The van der Waals surface area contributed by atoms with Gasteiger partial charge in [0.1, 0.15) is 11.6 Å². The maximum atomic E-state index is 13.5. The molecule has 1 nitrogen and oxygen atoms in total. The molecule has 0 bridgehead atoms. The van der Waals surface area contributed by atoms with Crippen molar-refractivity contribution < 1.29 is 8.78 Å². The van der Waals surface area contributed by atoms with Crippen LogP contribution in [0.5, 0.6) is 0 Å². The van der Waals surface area contributed by atoms with Gasteiger partial charge >= 0.3 is 0 Å². The van der Waals surface area contributed by atoms with Crippen LogP contribution >= 0.6 is 0 Å². The molecule has 0 heterocycles. The van der Waals surface area contributed by atoms with E-state index in [2.05, 4.69) is 12.2 Å². The second kappa shape index (κ2) is 8.06. The van der Waals surface area contributed by atoms with Crippen molar-refractivity contribution >= 4 is 5.69 Å². The van der Waals surface area contributed by atoms with E-state index < -0.39 is 0 Å². The lowest BCUT2D eigenvalue weighted by Gasteiger charge is -2.08. The Labute approximate surface area is 109 Å². The Morgan fingerprint density at radius 1 is 0.944 bits per heavy atom. The van der Waals surface area contributed by atoms with Gasteiger partial charge in [0.15, 0.2) is 0 Å². The molecule has 1 aromatic carbocycles. The Morgan fingerprint density at radius 3 is 2.33 bits per heavy atom. The quantitative estimate of drug-likeness (QED) is 0.641. The first-order valence-corrected chi connectivity index (χ1v) is 6.84. The Balaban J connectivity index is 2.25. The molecular formula is C15H23F2N. The number of halogens is 2. The average molecular weight is 255 g/mol. The molecule has 0 spiro atoms. The fraction of sp³-hybridized carbons (Fsp3) is 0.600. The highest BCUT2D eigenvalue weighted by molar-refractivity contribution is 5.46. The Hall–Kier alpha value is -1.12. The van der Waals surface area contributed by atoms with E-state index in [9.17, 15) is 8.78 Å². The maximum absolute atomic E-state index is 13.5. The van der Waals surface area contributed by atoms with Crippen LogP contribution in [0.3, 0.4) is 0 Å². The molecule has 0 fully saturated rings. The van der Waals surface area contributed by atoms with Crippen LogP contribution in [0.1, 0.15) is 51.0 Å². The zero-order valence-electron chi connectivity index (χ0n) is 11.4. The highest BCUT2D eigenvalue weighted by atomic mass is 19.1. The lowest BCUT2D eigenvalue weighted by molar-refractivity contribution is 0.591. The third kappa shape index (κ3) is 5.03. The van der Waals surface area contributed by atoms with Gasteiger partial charge in [-0.25, -0.2) is 8.78 Å². The van der Waals surface area contributed by atoms with Gasteiger partial charge in [-0.2, -0.15) is 0 Å². The van der Waals surface area contributed by atoms with Crippen molar-refractivity contribution in [3.05, 3.63) is 29.3 Å². The fourth-order valence-corrected chi connectivity index (χ4v) is 1.91. The van der Waals surface area contributed by atoms with E-state index in [0.717, 1.165) is 12.8 Å². The SMILES string of the molecule is CCCCCCCCNc1cc(F)c(C)cc1F. The van der Waals surface area contributed by atoms with Crippen molar-refractivity contribution in [3.63, 3.8) is 0 Å². The molecule has 0 aromatic heterocycles. The Bertz CT molecular complexity index is 364. The fourth-order valence-electron chi connectivity index (χ4n) is 1.91. The number of unbranched alkanes of at least 4 members (excludes halogenated alkanes) is 5. The van der Waals surface area contributed by atoms with Crippen molar-refractivity contribution in [1.29, 1.82) is 0 Å². The van der Waals surface area contributed by atoms with Crippen molar-refractivity contribution in [3.8, 4) is 0 Å². The summed E-state index contributed by atoms with van der Waals surface area (Å²) in [5.41, 5.74) is 0.615. The van der Waals surface area contributed by atoms with E-state index in [1.165, 1.54) is 37.8 Å². The zero-order valence-corrected chi connectivity index (χ0v) is 11.4. The second-order valence-corrected chi connectivity index (χ2v) is 4.78. The summed E-state index contributed by atoms with van der Waals surface area (Å²) in [6.45, 7) is 4.46. The molecule has 0 aliphatic heterocycles. The summed E-state index contributed by atoms with van der Waals surface area (Å²) in [6.07, 6.45) is 7.16. The topological polar surface area (TPSA) is 12.0 Å². The van der Waals surface area contributed by atoms with E-state index in [0.29, 0.717) is 12.1 Å². The summed E-state index contributed by atoms with van der Waals surface area (Å²) < 4.78 is 26.7. The van der Waals surface area contributed by atoms with Crippen LogP contribution in [-0.4, -0.2) is 6.54 Å². The number of aryl methyl sites for hydroxylation is 1. The molecular weight excluding hydrogens is 232 g/mol. The van der Waals surface area contributed by atoms with Gasteiger partial charge in [-0.05, 0) is 25.0 Å². The molecule has 0 saturated heterocycles. The van der Waals surface area contributed by atoms with Crippen LogP contribution in [0.15, 0.2) is 12.1 Å². The molecule has 3 heteroatoms. The molecule has 0 radical (unpaired) electrons. The third-order valence-electron chi connectivity index (χ3n) is 3.09. The van der Waals surface area contributed by atoms with E-state index >= 15 is 0 Å². The minimum absolute atomic E-state index is 0.270.